The highest BCUT2D eigenvalue weighted by molar-refractivity contribution is 9.10. The van der Waals surface area contributed by atoms with Crippen LogP contribution in [-0.2, 0) is 5.75 Å². The smallest absolute Gasteiger partial charge is 0.0859 e. The number of aryl methyl sites for hydroxylation is 1. The Bertz CT molecular complexity index is 802. The van der Waals surface area contributed by atoms with Crippen molar-refractivity contribution in [2.45, 2.75) is 17.6 Å². The number of hydrogen-bond donors (Lipinski definition) is 1. The lowest BCUT2D eigenvalue weighted by Gasteiger charge is -2.09. The summed E-state index contributed by atoms with van der Waals surface area (Å²) in [6, 6.07) is 14.5. The van der Waals surface area contributed by atoms with Crippen LogP contribution in [-0.4, -0.2) is 4.98 Å². The molecule has 0 fully saturated rings. The summed E-state index contributed by atoms with van der Waals surface area (Å²) in [7, 11) is 0. The second-order valence-corrected chi connectivity index (χ2v) is 6.85. The highest BCUT2D eigenvalue weighted by Crippen LogP contribution is 2.33. The normalized spacial score (nSPS) is 11.0. The number of nitrogen functional groups attached to an aromatic ring is 1. The van der Waals surface area contributed by atoms with Crippen LogP contribution in [0, 0.1) is 6.92 Å². The van der Waals surface area contributed by atoms with Gasteiger partial charge in [0.2, 0.25) is 0 Å². The van der Waals surface area contributed by atoms with Gasteiger partial charge in [-0.05, 0) is 52.2 Å². The maximum atomic E-state index is 6.06. The summed E-state index contributed by atoms with van der Waals surface area (Å²) in [4.78, 5) is 5.69. The van der Waals surface area contributed by atoms with Crippen LogP contribution in [0.4, 0.5) is 5.69 Å². The first kappa shape index (κ1) is 14.4. The summed E-state index contributed by atoms with van der Waals surface area (Å²) < 4.78 is 0.947. The highest BCUT2D eigenvalue weighted by atomic mass is 79.9. The lowest BCUT2D eigenvalue weighted by atomic mass is 10.1. The number of fused-ring (bicyclic) bond motifs is 1. The molecule has 0 spiro atoms. The minimum Gasteiger partial charge on any atom is -0.398 e. The van der Waals surface area contributed by atoms with Crippen molar-refractivity contribution < 1.29 is 0 Å². The van der Waals surface area contributed by atoms with Crippen LogP contribution >= 0.6 is 27.7 Å². The van der Waals surface area contributed by atoms with Gasteiger partial charge < -0.3 is 5.73 Å². The number of benzene rings is 2. The summed E-state index contributed by atoms with van der Waals surface area (Å²) in [6.07, 6.45) is 1.82. The molecule has 0 aliphatic rings. The molecule has 0 radical (unpaired) electrons. The quantitative estimate of drug-likeness (QED) is 0.517. The average molecular weight is 359 g/mol. The largest absolute Gasteiger partial charge is 0.398 e. The molecular formula is C17H15BrN2S. The lowest BCUT2D eigenvalue weighted by Crippen LogP contribution is -1.91. The third-order valence-electron chi connectivity index (χ3n) is 3.46. The van der Waals surface area contributed by atoms with Crippen molar-refractivity contribution in [1.29, 1.82) is 0 Å². The van der Waals surface area contributed by atoms with Crippen molar-refractivity contribution in [2.75, 3.05) is 5.73 Å². The van der Waals surface area contributed by atoms with Crippen molar-refractivity contribution in [1.82, 2.24) is 4.98 Å². The van der Waals surface area contributed by atoms with Gasteiger partial charge in [-0.3, -0.25) is 4.98 Å². The molecule has 0 saturated heterocycles. The van der Waals surface area contributed by atoms with Crippen LogP contribution in [0.25, 0.3) is 10.9 Å². The maximum absolute atomic E-state index is 6.06. The number of halogens is 1. The summed E-state index contributed by atoms with van der Waals surface area (Å²) in [5.41, 5.74) is 10.5. The second kappa shape index (κ2) is 6.08. The third kappa shape index (κ3) is 3.06. The topological polar surface area (TPSA) is 38.9 Å². The van der Waals surface area contributed by atoms with Gasteiger partial charge in [-0.1, -0.05) is 24.3 Å². The van der Waals surface area contributed by atoms with Crippen molar-refractivity contribution in [2.24, 2.45) is 0 Å². The molecule has 3 aromatic rings. The minimum atomic E-state index is 0.763. The van der Waals surface area contributed by atoms with Crippen molar-refractivity contribution in [3.63, 3.8) is 0 Å². The number of nitrogens with zero attached hydrogens (tertiary/aromatic N) is 1. The predicted molar refractivity (Wildman–Crippen MR) is 94.6 cm³/mol. The Morgan fingerprint density at radius 3 is 2.81 bits per heavy atom. The highest BCUT2D eigenvalue weighted by Gasteiger charge is 2.08. The molecular weight excluding hydrogens is 344 g/mol. The van der Waals surface area contributed by atoms with Gasteiger partial charge in [0.1, 0.15) is 0 Å². The van der Waals surface area contributed by atoms with Gasteiger partial charge in [0.25, 0.3) is 0 Å². The number of nitrogens with two attached hydrogens (primary N) is 1. The number of aromatic nitrogens is 1. The molecule has 0 unspecified atom stereocenters. The Kier molecular flexibility index (Phi) is 4.17. The van der Waals surface area contributed by atoms with E-state index < -0.39 is 0 Å². The van der Waals surface area contributed by atoms with Crippen LogP contribution in [0.1, 0.15) is 11.1 Å². The SMILES string of the molecule is Cc1ccccc1CSc1ccc(N)c2cc(Br)cnc12. The first-order valence-electron chi connectivity index (χ1n) is 6.66. The van der Waals surface area contributed by atoms with E-state index in [2.05, 4.69) is 58.2 Å². The summed E-state index contributed by atoms with van der Waals surface area (Å²) >= 11 is 5.25. The van der Waals surface area contributed by atoms with E-state index >= 15 is 0 Å². The summed E-state index contributed by atoms with van der Waals surface area (Å²) in [5.74, 6) is 0.934. The van der Waals surface area contributed by atoms with E-state index in [1.807, 2.05) is 18.3 Å². The summed E-state index contributed by atoms with van der Waals surface area (Å²) in [6.45, 7) is 2.15. The van der Waals surface area contributed by atoms with Gasteiger partial charge in [-0.15, -0.1) is 11.8 Å². The van der Waals surface area contributed by atoms with Crippen LogP contribution in [0.15, 0.2) is 58.0 Å². The van der Waals surface area contributed by atoms with Crippen LogP contribution in [0.2, 0.25) is 0 Å². The van der Waals surface area contributed by atoms with E-state index in [1.165, 1.54) is 11.1 Å². The number of hydrogen-bond acceptors (Lipinski definition) is 3. The Balaban J connectivity index is 1.95. The Labute approximate surface area is 136 Å². The van der Waals surface area contributed by atoms with Crippen LogP contribution in [0.3, 0.4) is 0 Å². The molecule has 0 atom stereocenters. The van der Waals surface area contributed by atoms with Crippen molar-refractivity contribution in [3.05, 3.63) is 64.3 Å². The molecule has 1 heterocycles. The fourth-order valence-electron chi connectivity index (χ4n) is 2.23. The predicted octanol–water partition coefficient (Wildman–Crippen LogP) is 5.18. The average Bonchev–Trinajstić information content (AvgIpc) is 2.48. The Morgan fingerprint density at radius 2 is 2.00 bits per heavy atom. The number of rotatable bonds is 3. The molecule has 3 rings (SSSR count). The van der Waals surface area contributed by atoms with Crippen molar-refractivity contribution in [3.8, 4) is 0 Å². The fourth-order valence-corrected chi connectivity index (χ4v) is 3.66. The second-order valence-electron chi connectivity index (χ2n) is 4.92. The first-order valence-corrected chi connectivity index (χ1v) is 8.44. The van der Waals surface area contributed by atoms with E-state index in [0.717, 1.165) is 31.7 Å². The molecule has 0 saturated carbocycles. The van der Waals surface area contributed by atoms with Gasteiger partial charge in [0.05, 0.1) is 5.52 Å². The van der Waals surface area contributed by atoms with E-state index in [0.29, 0.717) is 0 Å². The van der Waals surface area contributed by atoms with Gasteiger partial charge in [-0.25, -0.2) is 0 Å². The molecule has 1 aromatic heterocycles. The van der Waals surface area contributed by atoms with Crippen LogP contribution in [0.5, 0.6) is 0 Å². The van der Waals surface area contributed by atoms with Crippen molar-refractivity contribution >= 4 is 44.3 Å². The zero-order valence-electron chi connectivity index (χ0n) is 11.6. The Hall–Kier alpha value is -1.52. The minimum absolute atomic E-state index is 0.763. The number of anilines is 1. The van der Waals surface area contributed by atoms with E-state index in [1.54, 1.807) is 11.8 Å². The van der Waals surface area contributed by atoms with Gasteiger partial charge in [0.15, 0.2) is 0 Å². The number of thioether (sulfide) groups is 1. The van der Waals surface area contributed by atoms with E-state index in [9.17, 15) is 0 Å². The molecule has 2 aromatic carbocycles. The van der Waals surface area contributed by atoms with E-state index in [4.69, 9.17) is 5.73 Å². The third-order valence-corrected chi connectivity index (χ3v) is 4.99. The van der Waals surface area contributed by atoms with Gasteiger partial charge >= 0.3 is 0 Å². The molecule has 0 amide bonds. The van der Waals surface area contributed by atoms with E-state index in [-0.39, 0.29) is 0 Å². The number of pyridine rings is 1. The fraction of sp³-hybridized carbons (Fsp3) is 0.118. The lowest BCUT2D eigenvalue weighted by molar-refractivity contribution is 1.29. The first-order chi connectivity index (χ1) is 10.1. The molecule has 2 nitrogen and oxygen atoms in total. The molecule has 0 bridgehead atoms. The molecule has 0 aliphatic heterocycles. The zero-order valence-corrected chi connectivity index (χ0v) is 14.0. The molecule has 21 heavy (non-hydrogen) atoms. The Morgan fingerprint density at radius 1 is 1.19 bits per heavy atom. The molecule has 106 valence electrons. The standard InChI is InChI=1S/C17H15BrN2S/c1-11-4-2-3-5-12(11)10-21-16-7-6-15(19)14-8-13(18)9-20-17(14)16/h2-9H,10,19H2,1H3. The molecule has 0 aliphatic carbocycles. The molecule has 2 N–H and O–H groups in total. The maximum Gasteiger partial charge on any atom is 0.0859 e. The molecule has 4 heteroatoms. The van der Waals surface area contributed by atoms with Gasteiger partial charge in [0, 0.05) is 32.4 Å². The van der Waals surface area contributed by atoms with Gasteiger partial charge in [-0.2, -0.15) is 0 Å². The summed E-state index contributed by atoms with van der Waals surface area (Å²) in [5, 5.41) is 0.999. The van der Waals surface area contributed by atoms with Crippen LogP contribution < -0.4 is 5.73 Å². The monoisotopic (exact) mass is 358 g/mol. The zero-order chi connectivity index (χ0) is 14.8.